The summed E-state index contributed by atoms with van der Waals surface area (Å²) in [4.78, 5) is 8.09. The van der Waals surface area contributed by atoms with E-state index < -0.39 is 5.92 Å². The Morgan fingerprint density at radius 2 is 1.77 bits per heavy atom. The van der Waals surface area contributed by atoms with Crippen LogP contribution in [0.4, 0.5) is 8.78 Å². The molecule has 0 amide bonds. The zero-order valence-electron chi connectivity index (χ0n) is 16.4. The highest BCUT2D eigenvalue weighted by Crippen LogP contribution is 2.57. The molecule has 1 fully saturated rings. The van der Waals surface area contributed by atoms with E-state index in [2.05, 4.69) is 38.0 Å². The molecule has 0 bridgehead atoms. The molecular formula is C25H21BrF2N2. The molecule has 0 radical (unpaired) electrons. The molecule has 2 nitrogen and oxygen atoms in total. The molecule has 1 unspecified atom stereocenters. The number of hydrogen-bond acceptors (Lipinski definition) is 1. The summed E-state index contributed by atoms with van der Waals surface area (Å²) in [6, 6.07) is 10.4. The Morgan fingerprint density at radius 3 is 2.57 bits per heavy atom. The van der Waals surface area contributed by atoms with Crippen molar-refractivity contribution >= 4 is 15.9 Å². The number of H-pyrrole nitrogens is 1. The van der Waals surface area contributed by atoms with Gasteiger partial charge in [0.2, 0.25) is 0 Å². The van der Waals surface area contributed by atoms with E-state index in [1.165, 1.54) is 25.3 Å². The molecule has 5 heteroatoms. The molecule has 6 rings (SSSR count). The number of halogens is 3. The van der Waals surface area contributed by atoms with Crippen LogP contribution in [0.15, 0.2) is 59.2 Å². The number of benzene rings is 2. The minimum atomic E-state index is -3.00. The van der Waals surface area contributed by atoms with Crippen LogP contribution in [-0.4, -0.2) is 9.97 Å². The molecule has 2 aromatic carbocycles. The standard InChI is InChI=1S/C25H21BrF2N2/c26-17-5-7-19-18-6-4-15(11-20(18)25(27,28)21(19)12-17)22-14-29-23(30-22)16-3-1-2-8-24(13-16)9-10-24/h1-2,4-7,11-12,14,16H,3,8-10,13H2,(H,29,30). The second-order valence-corrected chi connectivity index (χ2v) is 9.93. The zero-order chi connectivity index (χ0) is 20.5. The van der Waals surface area contributed by atoms with E-state index in [9.17, 15) is 0 Å². The van der Waals surface area contributed by atoms with Crippen LogP contribution in [0.3, 0.4) is 0 Å². The van der Waals surface area contributed by atoms with Crippen molar-refractivity contribution in [3.8, 4) is 22.4 Å². The first kappa shape index (κ1) is 18.5. The Bertz CT molecular complexity index is 1190. The summed E-state index contributed by atoms with van der Waals surface area (Å²) in [7, 11) is 0. The SMILES string of the molecule is FC1(F)c2cc(Br)ccc2-c2ccc(-c3cnc(C4CC=CCC5(CC5)C4)[nH]3)cc21. The molecule has 30 heavy (non-hydrogen) atoms. The van der Waals surface area contributed by atoms with Crippen molar-refractivity contribution in [3.63, 3.8) is 0 Å². The maximum Gasteiger partial charge on any atom is 0.299 e. The van der Waals surface area contributed by atoms with Gasteiger partial charge in [0.25, 0.3) is 5.92 Å². The van der Waals surface area contributed by atoms with Crippen LogP contribution in [-0.2, 0) is 5.92 Å². The van der Waals surface area contributed by atoms with Gasteiger partial charge >= 0.3 is 0 Å². The predicted molar refractivity (Wildman–Crippen MR) is 118 cm³/mol. The highest BCUT2D eigenvalue weighted by atomic mass is 79.9. The second kappa shape index (κ2) is 6.36. The Kier molecular flexibility index (Phi) is 3.92. The number of alkyl halides is 2. The van der Waals surface area contributed by atoms with E-state index >= 15 is 8.78 Å². The van der Waals surface area contributed by atoms with Crippen LogP contribution in [0.5, 0.6) is 0 Å². The van der Waals surface area contributed by atoms with Crippen molar-refractivity contribution in [2.45, 2.75) is 43.9 Å². The first-order valence-corrected chi connectivity index (χ1v) is 11.3. The smallest absolute Gasteiger partial charge is 0.299 e. The second-order valence-electron chi connectivity index (χ2n) is 9.02. The molecule has 1 atom stereocenters. The van der Waals surface area contributed by atoms with Gasteiger partial charge in [-0.3, -0.25) is 0 Å². The third kappa shape index (κ3) is 2.82. The first-order chi connectivity index (χ1) is 14.5. The van der Waals surface area contributed by atoms with Gasteiger partial charge < -0.3 is 4.98 Å². The fraction of sp³-hybridized carbons (Fsp3) is 0.320. The van der Waals surface area contributed by atoms with Gasteiger partial charge in [-0.2, -0.15) is 8.78 Å². The molecule has 1 aromatic heterocycles. The van der Waals surface area contributed by atoms with Crippen molar-refractivity contribution in [1.82, 2.24) is 9.97 Å². The maximum absolute atomic E-state index is 15.2. The van der Waals surface area contributed by atoms with Crippen LogP contribution < -0.4 is 0 Å². The minimum Gasteiger partial charge on any atom is -0.342 e. The maximum atomic E-state index is 15.2. The average molecular weight is 467 g/mol. The highest BCUT2D eigenvalue weighted by molar-refractivity contribution is 9.10. The first-order valence-electron chi connectivity index (χ1n) is 10.5. The number of allylic oxidation sites excluding steroid dienone is 2. The summed E-state index contributed by atoms with van der Waals surface area (Å²) in [6.07, 6.45) is 12.3. The third-order valence-electron chi connectivity index (χ3n) is 7.04. The normalized spacial score (nSPS) is 22.6. The van der Waals surface area contributed by atoms with Gasteiger partial charge in [0.05, 0.1) is 11.9 Å². The molecule has 3 aromatic rings. The molecule has 1 spiro atoms. The summed E-state index contributed by atoms with van der Waals surface area (Å²) in [5, 5.41) is 0. The van der Waals surface area contributed by atoms with Gasteiger partial charge in [0.15, 0.2) is 0 Å². The van der Waals surface area contributed by atoms with Crippen LogP contribution in [0.2, 0.25) is 0 Å². The van der Waals surface area contributed by atoms with Gasteiger partial charge in [-0.1, -0.05) is 46.3 Å². The molecule has 1 heterocycles. The van der Waals surface area contributed by atoms with Gasteiger partial charge in [-0.15, -0.1) is 0 Å². The number of nitrogens with zero attached hydrogens (tertiary/aromatic N) is 1. The summed E-state index contributed by atoms with van der Waals surface area (Å²) in [5.41, 5.74) is 3.38. The fourth-order valence-corrected chi connectivity index (χ4v) is 5.49. The van der Waals surface area contributed by atoms with Crippen molar-refractivity contribution in [1.29, 1.82) is 0 Å². The van der Waals surface area contributed by atoms with Crippen molar-refractivity contribution < 1.29 is 8.78 Å². The Hall–Kier alpha value is -2.27. The molecule has 3 aliphatic rings. The number of imidazole rings is 1. The number of fused-ring (bicyclic) bond motifs is 3. The zero-order valence-corrected chi connectivity index (χ0v) is 18.0. The number of aromatic nitrogens is 2. The van der Waals surface area contributed by atoms with Crippen molar-refractivity contribution in [3.05, 3.63) is 76.2 Å². The quantitative estimate of drug-likeness (QED) is 0.387. The van der Waals surface area contributed by atoms with Crippen LogP contribution in [0.25, 0.3) is 22.4 Å². The fourth-order valence-electron chi connectivity index (χ4n) is 5.13. The summed E-state index contributed by atoms with van der Waals surface area (Å²) >= 11 is 3.32. The molecule has 0 aliphatic heterocycles. The van der Waals surface area contributed by atoms with E-state index in [0.29, 0.717) is 26.9 Å². The van der Waals surface area contributed by atoms with Crippen LogP contribution >= 0.6 is 15.9 Å². The molecular weight excluding hydrogens is 446 g/mol. The van der Waals surface area contributed by atoms with Crippen molar-refractivity contribution in [2.75, 3.05) is 0 Å². The van der Waals surface area contributed by atoms with E-state index in [4.69, 9.17) is 0 Å². The molecule has 0 saturated heterocycles. The van der Waals surface area contributed by atoms with E-state index in [-0.39, 0.29) is 11.1 Å². The van der Waals surface area contributed by atoms with Crippen LogP contribution in [0.1, 0.15) is 55.0 Å². The minimum absolute atomic E-state index is 0.0642. The third-order valence-corrected chi connectivity index (χ3v) is 7.53. The van der Waals surface area contributed by atoms with Crippen molar-refractivity contribution in [2.24, 2.45) is 5.41 Å². The Balaban J connectivity index is 1.35. The summed E-state index contributed by atoms with van der Waals surface area (Å²) < 4.78 is 31.0. The van der Waals surface area contributed by atoms with E-state index in [0.717, 1.165) is 29.9 Å². The summed E-state index contributed by atoms with van der Waals surface area (Å²) in [5.74, 6) is -1.66. The number of aromatic amines is 1. The molecule has 152 valence electrons. The van der Waals surface area contributed by atoms with Gasteiger partial charge in [-0.05, 0) is 66.8 Å². The lowest BCUT2D eigenvalue weighted by atomic mass is 9.90. The monoisotopic (exact) mass is 466 g/mol. The number of nitrogens with one attached hydrogen (secondary N) is 1. The van der Waals surface area contributed by atoms with Gasteiger partial charge in [-0.25, -0.2) is 4.98 Å². The molecule has 1 saturated carbocycles. The Morgan fingerprint density at radius 1 is 1.00 bits per heavy atom. The number of rotatable bonds is 2. The largest absolute Gasteiger partial charge is 0.342 e. The van der Waals surface area contributed by atoms with E-state index in [1.54, 1.807) is 18.3 Å². The Labute approximate surface area is 182 Å². The topological polar surface area (TPSA) is 28.7 Å². The van der Waals surface area contributed by atoms with Gasteiger partial charge in [0, 0.05) is 27.1 Å². The van der Waals surface area contributed by atoms with Crippen LogP contribution in [0, 0.1) is 5.41 Å². The lowest BCUT2D eigenvalue weighted by Gasteiger charge is -2.17. The predicted octanol–water partition coefficient (Wildman–Crippen LogP) is 7.56. The summed E-state index contributed by atoms with van der Waals surface area (Å²) in [6.45, 7) is 0. The lowest BCUT2D eigenvalue weighted by Crippen LogP contribution is -2.11. The average Bonchev–Trinajstić information content (AvgIpc) is 3.33. The lowest BCUT2D eigenvalue weighted by molar-refractivity contribution is 0.0480. The number of hydrogen-bond donors (Lipinski definition) is 1. The van der Waals surface area contributed by atoms with E-state index in [1.807, 2.05) is 18.2 Å². The highest BCUT2D eigenvalue weighted by Gasteiger charge is 2.45. The molecule has 3 aliphatic carbocycles. The van der Waals surface area contributed by atoms with Gasteiger partial charge in [0.1, 0.15) is 5.82 Å². The molecule has 1 N–H and O–H groups in total.